The van der Waals surface area contributed by atoms with Crippen molar-refractivity contribution >= 4 is 17.3 Å². The second kappa shape index (κ2) is 5.11. The number of nitrogens with one attached hydrogen (secondary N) is 1. The maximum Gasteiger partial charge on any atom is 0.358 e. The summed E-state index contributed by atoms with van der Waals surface area (Å²) in [5.41, 5.74) is -0.0643. The number of thiophene rings is 1. The SMILES string of the molecule is C[C@H](NCc1cc(C(=O)O)no1)c1cccs1. The van der Waals surface area contributed by atoms with Crippen molar-refractivity contribution in [3.8, 4) is 0 Å². The fourth-order valence-corrected chi connectivity index (χ4v) is 2.15. The third kappa shape index (κ3) is 2.92. The van der Waals surface area contributed by atoms with Crippen LogP contribution in [0.3, 0.4) is 0 Å². The molecule has 0 aliphatic heterocycles. The van der Waals surface area contributed by atoms with E-state index in [4.69, 9.17) is 9.63 Å². The normalized spacial score (nSPS) is 12.5. The summed E-state index contributed by atoms with van der Waals surface area (Å²) in [4.78, 5) is 11.8. The van der Waals surface area contributed by atoms with Crippen LogP contribution in [0, 0.1) is 0 Å². The van der Waals surface area contributed by atoms with E-state index in [9.17, 15) is 4.79 Å². The summed E-state index contributed by atoms with van der Waals surface area (Å²) in [5, 5.41) is 17.4. The van der Waals surface area contributed by atoms with Crippen LogP contribution in [0.1, 0.15) is 34.1 Å². The quantitative estimate of drug-likeness (QED) is 0.853. The Labute approximate surface area is 102 Å². The molecule has 0 spiro atoms. The van der Waals surface area contributed by atoms with Crippen LogP contribution in [-0.4, -0.2) is 16.2 Å². The molecule has 2 aromatic heterocycles. The Morgan fingerprint density at radius 1 is 1.71 bits per heavy atom. The molecule has 90 valence electrons. The number of carboxylic acid groups (broad SMARTS) is 1. The van der Waals surface area contributed by atoms with Gasteiger partial charge < -0.3 is 14.9 Å². The Balaban J connectivity index is 1.91. The van der Waals surface area contributed by atoms with Gasteiger partial charge in [0, 0.05) is 17.0 Å². The number of rotatable bonds is 5. The van der Waals surface area contributed by atoms with E-state index in [1.807, 2.05) is 24.4 Å². The second-order valence-electron chi connectivity index (χ2n) is 3.60. The zero-order chi connectivity index (χ0) is 12.3. The van der Waals surface area contributed by atoms with E-state index in [0.29, 0.717) is 12.3 Å². The Morgan fingerprint density at radius 2 is 2.53 bits per heavy atom. The summed E-state index contributed by atoms with van der Waals surface area (Å²) in [6.07, 6.45) is 0. The van der Waals surface area contributed by atoms with E-state index < -0.39 is 5.97 Å². The van der Waals surface area contributed by atoms with Crippen molar-refractivity contribution in [3.63, 3.8) is 0 Å². The van der Waals surface area contributed by atoms with Crippen molar-refractivity contribution in [2.24, 2.45) is 0 Å². The summed E-state index contributed by atoms with van der Waals surface area (Å²) < 4.78 is 4.90. The first-order chi connectivity index (χ1) is 8.16. The van der Waals surface area contributed by atoms with Gasteiger partial charge in [-0.05, 0) is 18.4 Å². The molecule has 0 bridgehead atoms. The van der Waals surface area contributed by atoms with Gasteiger partial charge in [-0.25, -0.2) is 4.79 Å². The molecule has 0 aromatic carbocycles. The van der Waals surface area contributed by atoms with E-state index in [-0.39, 0.29) is 11.7 Å². The molecule has 0 aliphatic rings. The minimum Gasteiger partial charge on any atom is -0.476 e. The van der Waals surface area contributed by atoms with Crippen LogP contribution in [0.4, 0.5) is 0 Å². The first-order valence-corrected chi connectivity index (χ1v) is 6.00. The van der Waals surface area contributed by atoms with Crippen molar-refractivity contribution in [2.45, 2.75) is 19.5 Å². The zero-order valence-corrected chi connectivity index (χ0v) is 10.0. The largest absolute Gasteiger partial charge is 0.476 e. The molecule has 5 nitrogen and oxygen atoms in total. The Kier molecular flexibility index (Phi) is 3.55. The highest BCUT2D eigenvalue weighted by atomic mass is 32.1. The lowest BCUT2D eigenvalue weighted by Crippen LogP contribution is -2.16. The second-order valence-corrected chi connectivity index (χ2v) is 4.58. The summed E-state index contributed by atoms with van der Waals surface area (Å²) in [6, 6.07) is 5.67. The van der Waals surface area contributed by atoms with Gasteiger partial charge in [-0.3, -0.25) is 0 Å². The molecular formula is C11H12N2O3S. The fraction of sp³-hybridized carbons (Fsp3) is 0.273. The lowest BCUT2D eigenvalue weighted by molar-refractivity contribution is 0.0685. The fourth-order valence-electron chi connectivity index (χ4n) is 1.39. The lowest BCUT2D eigenvalue weighted by Gasteiger charge is -2.09. The van der Waals surface area contributed by atoms with Gasteiger partial charge in [0.1, 0.15) is 0 Å². The van der Waals surface area contributed by atoms with Gasteiger partial charge in [0.2, 0.25) is 0 Å². The van der Waals surface area contributed by atoms with Gasteiger partial charge in [-0.15, -0.1) is 11.3 Å². The van der Waals surface area contributed by atoms with Crippen LogP contribution in [0.2, 0.25) is 0 Å². The van der Waals surface area contributed by atoms with Gasteiger partial charge in [0.15, 0.2) is 11.5 Å². The minimum absolute atomic E-state index is 0.0643. The van der Waals surface area contributed by atoms with Crippen LogP contribution in [0.5, 0.6) is 0 Å². The lowest BCUT2D eigenvalue weighted by atomic mass is 10.2. The molecule has 0 saturated carbocycles. The molecule has 0 saturated heterocycles. The molecule has 2 heterocycles. The maximum absolute atomic E-state index is 10.6. The molecule has 0 unspecified atom stereocenters. The third-order valence-electron chi connectivity index (χ3n) is 2.33. The number of carbonyl (C=O) groups is 1. The Hall–Kier alpha value is -1.66. The number of aromatic nitrogens is 1. The molecule has 2 rings (SSSR count). The van der Waals surface area contributed by atoms with Crippen molar-refractivity contribution < 1.29 is 14.4 Å². The number of hydrogen-bond acceptors (Lipinski definition) is 5. The summed E-state index contributed by atoms with van der Waals surface area (Å²) in [5.74, 6) is -0.558. The van der Waals surface area contributed by atoms with E-state index in [0.717, 1.165) is 0 Å². The topological polar surface area (TPSA) is 75.4 Å². The Bertz CT molecular complexity index is 493. The van der Waals surface area contributed by atoms with E-state index >= 15 is 0 Å². The molecule has 2 N–H and O–H groups in total. The average Bonchev–Trinajstić information content (AvgIpc) is 2.97. The molecule has 0 radical (unpaired) electrons. The van der Waals surface area contributed by atoms with E-state index in [2.05, 4.69) is 10.5 Å². The number of aromatic carboxylic acids is 1. The average molecular weight is 252 g/mol. The van der Waals surface area contributed by atoms with Crippen molar-refractivity contribution in [2.75, 3.05) is 0 Å². The molecule has 6 heteroatoms. The van der Waals surface area contributed by atoms with Gasteiger partial charge in [-0.1, -0.05) is 11.2 Å². The molecule has 0 amide bonds. The first-order valence-electron chi connectivity index (χ1n) is 5.12. The van der Waals surface area contributed by atoms with Gasteiger partial charge in [0.05, 0.1) is 6.54 Å². The minimum atomic E-state index is -1.08. The molecule has 0 aliphatic carbocycles. The number of hydrogen-bond donors (Lipinski definition) is 2. The zero-order valence-electron chi connectivity index (χ0n) is 9.21. The Morgan fingerprint density at radius 3 is 3.12 bits per heavy atom. The monoisotopic (exact) mass is 252 g/mol. The van der Waals surface area contributed by atoms with Crippen LogP contribution >= 0.6 is 11.3 Å². The molecular weight excluding hydrogens is 240 g/mol. The number of nitrogens with zero attached hydrogens (tertiary/aromatic N) is 1. The van der Waals surface area contributed by atoms with E-state index in [1.54, 1.807) is 11.3 Å². The smallest absolute Gasteiger partial charge is 0.358 e. The summed E-state index contributed by atoms with van der Waals surface area (Å²) >= 11 is 1.67. The van der Waals surface area contributed by atoms with Gasteiger partial charge in [-0.2, -0.15) is 0 Å². The van der Waals surface area contributed by atoms with Crippen LogP contribution in [-0.2, 0) is 6.54 Å². The maximum atomic E-state index is 10.6. The van der Waals surface area contributed by atoms with Crippen LogP contribution in [0.15, 0.2) is 28.1 Å². The summed E-state index contributed by atoms with van der Waals surface area (Å²) in [7, 11) is 0. The van der Waals surface area contributed by atoms with Crippen molar-refractivity contribution in [1.29, 1.82) is 0 Å². The highest BCUT2D eigenvalue weighted by Gasteiger charge is 2.12. The highest BCUT2D eigenvalue weighted by Crippen LogP contribution is 2.18. The predicted octanol–water partition coefficient (Wildman–Crippen LogP) is 2.29. The molecule has 2 aromatic rings. The van der Waals surface area contributed by atoms with Crippen molar-refractivity contribution in [1.82, 2.24) is 10.5 Å². The van der Waals surface area contributed by atoms with E-state index in [1.165, 1.54) is 10.9 Å². The molecule has 17 heavy (non-hydrogen) atoms. The number of carboxylic acids is 1. The summed E-state index contributed by atoms with van der Waals surface area (Å²) in [6.45, 7) is 2.50. The van der Waals surface area contributed by atoms with Crippen LogP contribution < -0.4 is 5.32 Å². The predicted molar refractivity (Wildman–Crippen MR) is 63.0 cm³/mol. The van der Waals surface area contributed by atoms with Gasteiger partial charge in [0.25, 0.3) is 0 Å². The highest BCUT2D eigenvalue weighted by molar-refractivity contribution is 7.10. The first kappa shape index (κ1) is 11.8. The van der Waals surface area contributed by atoms with Gasteiger partial charge >= 0.3 is 5.97 Å². The standard InChI is InChI=1S/C11H12N2O3S/c1-7(10-3-2-4-17-10)12-6-8-5-9(11(14)15)13-16-8/h2-5,7,12H,6H2,1H3,(H,14,15)/t7-/m0/s1. The molecule has 0 fully saturated rings. The van der Waals surface area contributed by atoms with Crippen molar-refractivity contribution in [3.05, 3.63) is 39.9 Å². The van der Waals surface area contributed by atoms with Crippen LogP contribution in [0.25, 0.3) is 0 Å². The molecule has 1 atom stereocenters. The third-order valence-corrected chi connectivity index (χ3v) is 3.39.